The minimum atomic E-state index is 0.695. The SMILES string of the molecule is CCN1CC(CN(C)C)CC2CC=C(N)C=C21. The molecular formula is C14H25N3. The highest BCUT2D eigenvalue weighted by molar-refractivity contribution is 5.28. The number of allylic oxidation sites excluding steroid dienone is 3. The van der Waals surface area contributed by atoms with Crippen molar-refractivity contribution in [3.05, 3.63) is 23.5 Å². The van der Waals surface area contributed by atoms with Crippen LogP contribution in [0.2, 0.25) is 0 Å². The van der Waals surface area contributed by atoms with Gasteiger partial charge in [0.05, 0.1) is 0 Å². The molecule has 0 amide bonds. The normalized spacial score (nSPS) is 28.8. The van der Waals surface area contributed by atoms with E-state index in [1.54, 1.807) is 0 Å². The van der Waals surface area contributed by atoms with Crippen molar-refractivity contribution in [1.29, 1.82) is 0 Å². The molecule has 2 N–H and O–H groups in total. The summed E-state index contributed by atoms with van der Waals surface area (Å²) in [7, 11) is 4.33. The smallest absolute Gasteiger partial charge is 0.0291 e. The van der Waals surface area contributed by atoms with Crippen LogP contribution < -0.4 is 5.73 Å². The largest absolute Gasteiger partial charge is 0.399 e. The fraction of sp³-hybridized carbons (Fsp3) is 0.714. The Hall–Kier alpha value is -0.960. The van der Waals surface area contributed by atoms with E-state index in [4.69, 9.17) is 5.73 Å². The Balaban J connectivity index is 2.10. The molecule has 1 fully saturated rings. The summed E-state index contributed by atoms with van der Waals surface area (Å²) in [6.07, 6.45) is 6.80. The Bertz CT molecular complexity index is 330. The molecule has 2 rings (SSSR count). The fourth-order valence-corrected chi connectivity index (χ4v) is 3.17. The monoisotopic (exact) mass is 235 g/mol. The molecule has 3 heteroatoms. The molecule has 1 heterocycles. The molecule has 1 saturated heterocycles. The number of nitrogens with zero attached hydrogens (tertiary/aromatic N) is 2. The second-order valence-corrected chi connectivity index (χ2v) is 5.61. The summed E-state index contributed by atoms with van der Waals surface area (Å²) in [5, 5.41) is 0. The Kier molecular flexibility index (Phi) is 3.77. The predicted molar refractivity (Wildman–Crippen MR) is 72.4 cm³/mol. The first-order chi connectivity index (χ1) is 8.10. The second kappa shape index (κ2) is 5.13. The van der Waals surface area contributed by atoms with Crippen LogP contribution in [-0.2, 0) is 0 Å². The number of hydrogen-bond acceptors (Lipinski definition) is 3. The molecule has 1 aliphatic carbocycles. The molecular weight excluding hydrogens is 210 g/mol. The highest BCUT2D eigenvalue weighted by Gasteiger charge is 2.31. The summed E-state index contributed by atoms with van der Waals surface area (Å²) >= 11 is 0. The van der Waals surface area contributed by atoms with Crippen LogP contribution in [0.3, 0.4) is 0 Å². The number of hydrogen-bond donors (Lipinski definition) is 1. The van der Waals surface area contributed by atoms with Gasteiger partial charge < -0.3 is 15.5 Å². The molecule has 0 radical (unpaired) electrons. The zero-order valence-electron chi connectivity index (χ0n) is 11.3. The van der Waals surface area contributed by atoms with Gasteiger partial charge in [-0.05, 0) is 45.9 Å². The maximum atomic E-state index is 5.92. The highest BCUT2D eigenvalue weighted by atomic mass is 15.2. The van der Waals surface area contributed by atoms with E-state index >= 15 is 0 Å². The zero-order chi connectivity index (χ0) is 12.4. The summed E-state index contributed by atoms with van der Waals surface area (Å²) in [5.74, 6) is 1.49. The Morgan fingerprint density at radius 3 is 2.88 bits per heavy atom. The minimum absolute atomic E-state index is 0.695. The van der Waals surface area contributed by atoms with Crippen LogP contribution in [0.1, 0.15) is 19.8 Å². The lowest BCUT2D eigenvalue weighted by atomic mass is 9.81. The van der Waals surface area contributed by atoms with Crippen molar-refractivity contribution in [3.8, 4) is 0 Å². The van der Waals surface area contributed by atoms with Crippen LogP contribution in [0.15, 0.2) is 23.5 Å². The number of rotatable bonds is 3. The van der Waals surface area contributed by atoms with E-state index in [0.717, 1.165) is 24.6 Å². The lowest BCUT2D eigenvalue weighted by Crippen LogP contribution is -2.42. The summed E-state index contributed by atoms with van der Waals surface area (Å²) in [4.78, 5) is 4.82. The van der Waals surface area contributed by atoms with Crippen molar-refractivity contribution in [3.63, 3.8) is 0 Å². The van der Waals surface area contributed by atoms with Crippen LogP contribution in [0.5, 0.6) is 0 Å². The van der Waals surface area contributed by atoms with Crippen LogP contribution >= 0.6 is 0 Å². The first-order valence-corrected chi connectivity index (χ1v) is 6.67. The van der Waals surface area contributed by atoms with E-state index in [1.165, 1.54) is 25.2 Å². The third-order valence-corrected chi connectivity index (χ3v) is 3.84. The molecule has 3 nitrogen and oxygen atoms in total. The Morgan fingerprint density at radius 2 is 2.24 bits per heavy atom. The van der Waals surface area contributed by atoms with Gasteiger partial charge in [-0.15, -0.1) is 0 Å². The van der Waals surface area contributed by atoms with Gasteiger partial charge in [0.25, 0.3) is 0 Å². The van der Waals surface area contributed by atoms with Gasteiger partial charge in [0.15, 0.2) is 0 Å². The number of fused-ring (bicyclic) bond motifs is 1. The summed E-state index contributed by atoms with van der Waals surface area (Å²) < 4.78 is 0. The molecule has 0 saturated carbocycles. The van der Waals surface area contributed by atoms with Crippen LogP contribution in [0.25, 0.3) is 0 Å². The van der Waals surface area contributed by atoms with Crippen molar-refractivity contribution in [2.75, 3.05) is 33.7 Å². The summed E-state index contributed by atoms with van der Waals surface area (Å²) in [6, 6.07) is 0. The molecule has 96 valence electrons. The van der Waals surface area contributed by atoms with Gasteiger partial charge in [0.2, 0.25) is 0 Å². The molecule has 2 unspecified atom stereocenters. The first-order valence-electron chi connectivity index (χ1n) is 6.67. The van der Waals surface area contributed by atoms with Gasteiger partial charge >= 0.3 is 0 Å². The van der Waals surface area contributed by atoms with Crippen LogP contribution in [0, 0.1) is 11.8 Å². The van der Waals surface area contributed by atoms with E-state index in [-0.39, 0.29) is 0 Å². The molecule has 1 aliphatic heterocycles. The van der Waals surface area contributed by atoms with Gasteiger partial charge in [-0.1, -0.05) is 6.08 Å². The summed E-state index contributed by atoms with van der Waals surface area (Å²) in [6.45, 7) is 5.72. The van der Waals surface area contributed by atoms with Crippen molar-refractivity contribution in [2.45, 2.75) is 19.8 Å². The van der Waals surface area contributed by atoms with Crippen molar-refractivity contribution < 1.29 is 0 Å². The molecule has 0 spiro atoms. The molecule has 0 aromatic carbocycles. The van der Waals surface area contributed by atoms with Crippen molar-refractivity contribution >= 4 is 0 Å². The lowest BCUT2D eigenvalue weighted by Gasteiger charge is -2.43. The number of nitrogens with two attached hydrogens (primary N) is 1. The van der Waals surface area contributed by atoms with E-state index in [2.05, 4.69) is 43.0 Å². The Labute approximate surface area is 105 Å². The fourth-order valence-electron chi connectivity index (χ4n) is 3.17. The van der Waals surface area contributed by atoms with Gasteiger partial charge in [0.1, 0.15) is 0 Å². The average molecular weight is 235 g/mol. The van der Waals surface area contributed by atoms with Crippen molar-refractivity contribution in [1.82, 2.24) is 9.80 Å². The molecule has 0 bridgehead atoms. The van der Waals surface area contributed by atoms with Crippen molar-refractivity contribution in [2.24, 2.45) is 17.6 Å². The van der Waals surface area contributed by atoms with Gasteiger partial charge in [-0.25, -0.2) is 0 Å². The van der Waals surface area contributed by atoms with E-state index < -0.39 is 0 Å². The van der Waals surface area contributed by atoms with E-state index in [0.29, 0.717) is 5.92 Å². The number of piperidine rings is 1. The first kappa shape index (κ1) is 12.5. The molecule has 17 heavy (non-hydrogen) atoms. The molecule has 2 aliphatic rings. The highest BCUT2D eigenvalue weighted by Crippen LogP contribution is 2.36. The molecule has 2 atom stereocenters. The average Bonchev–Trinajstić information content (AvgIpc) is 2.27. The maximum absolute atomic E-state index is 5.92. The lowest BCUT2D eigenvalue weighted by molar-refractivity contribution is 0.158. The third kappa shape index (κ3) is 2.83. The summed E-state index contributed by atoms with van der Waals surface area (Å²) in [5.41, 5.74) is 8.34. The van der Waals surface area contributed by atoms with Crippen LogP contribution in [-0.4, -0.2) is 43.5 Å². The van der Waals surface area contributed by atoms with Gasteiger partial charge in [0, 0.05) is 36.9 Å². The standard InChI is InChI=1S/C14H25N3/c1-4-17-10-11(9-16(2)3)7-12-5-6-13(15)8-14(12)17/h6,8,11-12H,4-5,7,9-10,15H2,1-3H3. The Morgan fingerprint density at radius 1 is 1.47 bits per heavy atom. The zero-order valence-corrected chi connectivity index (χ0v) is 11.3. The second-order valence-electron chi connectivity index (χ2n) is 5.61. The molecule has 0 aromatic rings. The number of likely N-dealkylation sites (tertiary alicyclic amines) is 1. The molecule has 0 aromatic heterocycles. The third-order valence-electron chi connectivity index (χ3n) is 3.84. The quantitative estimate of drug-likeness (QED) is 0.807. The van der Waals surface area contributed by atoms with Gasteiger partial charge in [-0.3, -0.25) is 0 Å². The minimum Gasteiger partial charge on any atom is -0.399 e. The predicted octanol–water partition coefficient (Wildman–Crippen LogP) is 1.64. The van der Waals surface area contributed by atoms with Gasteiger partial charge in [-0.2, -0.15) is 0 Å². The maximum Gasteiger partial charge on any atom is 0.0291 e. The van der Waals surface area contributed by atoms with E-state index in [9.17, 15) is 0 Å². The topological polar surface area (TPSA) is 32.5 Å². The van der Waals surface area contributed by atoms with Crippen LogP contribution in [0.4, 0.5) is 0 Å². The van der Waals surface area contributed by atoms with E-state index in [1.807, 2.05) is 0 Å².